The lowest BCUT2D eigenvalue weighted by Gasteiger charge is -2.28. The number of aryl methyl sites for hydroxylation is 1. The predicted molar refractivity (Wildman–Crippen MR) is 96.8 cm³/mol. The fourth-order valence-corrected chi connectivity index (χ4v) is 4.76. The highest BCUT2D eigenvalue weighted by Gasteiger charge is 2.32. The zero-order valence-corrected chi connectivity index (χ0v) is 15.7. The number of ether oxygens (including phenoxy) is 1. The summed E-state index contributed by atoms with van der Waals surface area (Å²) in [6, 6.07) is 8.40. The summed E-state index contributed by atoms with van der Waals surface area (Å²) in [6.45, 7) is -0.665. The molecule has 3 heterocycles. The van der Waals surface area contributed by atoms with Crippen LogP contribution >= 0.6 is 0 Å². The van der Waals surface area contributed by atoms with E-state index < -0.39 is 16.6 Å². The van der Waals surface area contributed by atoms with E-state index >= 15 is 0 Å². The molecular formula is C18H17F2N3O4S. The Morgan fingerprint density at radius 1 is 1.14 bits per heavy atom. The number of hydrogen-bond acceptors (Lipinski definition) is 5. The lowest BCUT2D eigenvalue weighted by molar-refractivity contribution is -0.0498. The Morgan fingerprint density at radius 3 is 2.54 bits per heavy atom. The summed E-state index contributed by atoms with van der Waals surface area (Å²) in [4.78, 5) is 4.43. The third-order valence-electron chi connectivity index (χ3n) is 4.72. The number of alkyl halides is 2. The summed E-state index contributed by atoms with van der Waals surface area (Å²) >= 11 is 0. The van der Waals surface area contributed by atoms with E-state index in [0.29, 0.717) is 16.6 Å². The molecule has 0 aliphatic carbocycles. The van der Waals surface area contributed by atoms with Crippen molar-refractivity contribution in [3.8, 4) is 11.6 Å². The molecule has 0 saturated heterocycles. The molecule has 1 aliphatic rings. The number of fused-ring (bicyclic) bond motifs is 3. The van der Waals surface area contributed by atoms with Gasteiger partial charge in [-0.2, -0.15) is 13.1 Å². The Balaban J connectivity index is 1.67. The molecule has 2 aromatic heterocycles. The van der Waals surface area contributed by atoms with Gasteiger partial charge >= 0.3 is 6.61 Å². The number of aromatic hydroxyl groups is 1. The minimum atomic E-state index is -3.85. The summed E-state index contributed by atoms with van der Waals surface area (Å²) in [5.41, 5.74) is 1.94. The van der Waals surface area contributed by atoms with E-state index in [2.05, 4.69) is 9.72 Å². The first-order chi connectivity index (χ1) is 13.3. The average molecular weight is 409 g/mol. The number of rotatable bonds is 4. The van der Waals surface area contributed by atoms with Gasteiger partial charge in [-0.3, -0.25) is 4.98 Å². The lowest BCUT2D eigenvalue weighted by Crippen LogP contribution is -2.38. The normalized spacial score (nSPS) is 15.1. The third-order valence-corrected chi connectivity index (χ3v) is 6.58. The molecule has 0 saturated carbocycles. The highest BCUT2D eigenvalue weighted by molar-refractivity contribution is 7.89. The first-order valence-electron chi connectivity index (χ1n) is 8.50. The van der Waals surface area contributed by atoms with E-state index in [4.69, 9.17) is 0 Å². The molecule has 3 aromatic rings. The van der Waals surface area contributed by atoms with Gasteiger partial charge < -0.3 is 14.4 Å². The van der Waals surface area contributed by atoms with Crippen LogP contribution in [0.5, 0.6) is 11.6 Å². The minimum absolute atomic E-state index is 0.0215. The van der Waals surface area contributed by atoms with E-state index in [0.717, 1.165) is 5.69 Å². The van der Waals surface area contributed by atoms with Crippen LogP contribution < -0.4 is 4.74 Å². The van der Waals surface area contributed by atoms with Crippen LogP contribution in [-0.4, -0.2) is 40.5 Å². The highest BCUT2D eigenvalue weighted by atomic mass is 32.2. The van der Waals surface area contributed by atoms with Crippen LogP contribution in [0.25, 0.3) is 10.9 Å². The van der Waals surface area contributed by atoms with Crippen LogP contribution in [0.1, 0.15) is 11.4 Å². The monoisotopic (exact) mass is 409 g/mol. The van der Waals surface area contributed by atoms with Gasteiger partial charge in [-0.25, -0.2) is 8.42 Å². The molecule has 148 valence electrons. The Labute approximate surface area is 159 Å². The van der Waals surface area contributed by atoms with Gasteiger partial charge in [0.25, 0.3) is 0 Å². The SMILES string of the molecule is Cc1ccc2c(O)n3c(c2n1)CN(S(=O)(=O)c1ccc(OC(F)F)cc1)CC3. The van der Waals surface area contributed by atoms with Crippen molar-refractivity contribution in [3.05, 3.63) is 47.8 Å². The molecule has 10 heteroatoms. The van der Waals surface area contributed by atoms with Crippen LogP contribution in [0.15, 0.2) is 41.3 Å². The quantitative estimate of drug-likeness (QED) is 0.716. The minimum Gasteiger partial charge on any atom is -0.494 e. The maximum Gasteiger partial charge on any atom is 0.387 e. The van der Waals surface area contributed by atoms with Crippen molar-refractivity contribution in [2.45, 2.75) is 31.5 Å². The van der Waals surface area contributed by atoms with Gasteiger partial charge in [0.05, 0.1) is 28.0 Å². The Morgan fingerprint density at radius 2 is 1.86 bits per heavy atom. The lowest BCUT2D eigenvalue weighted by atomic mass is 10.2. The zero-order chi connectivity index (χ0) is 20.1. The number of hydrogen-bond donors (Lipinski definition) is 1. The molecule has 0 unspecified atom stereocenters. The Bertz CT molecular complexity index is 1140. The molecular weight excluding hydrogens is 392 g/mol. The molecule has 0 radical (unpaired) electrons. The maximum absolute atomic E-state index is 13.0. The van der Waals surface area contributed by atoms with Crippen molar-refractivity contribution in [3.63, 3.8) is 0 Å². The van der Waals surface area contributed by atoms with Crippen LogP contribution in [0.3, 0.4) is 0 Å². The Kier molecular flexibility index (Phi) is 4.47. The van der Waals surface area contributed by atoms with Crippen molar-refractivity contribution in [1.82, 2.24) is 13.9 Å². The maximum atomic E-state index is 13.0. The van der Waals surface area contributed by atoms with Gasteiger partial charge in [-0.1, -0.05) is 0 Å². The number of benzene rings is 1. The number of pyridine rings is 1. The van der Waals surface area contributed by atoms with Gasteiger partial charge in [-0.15, -0.1) is 0 Å². The third kappa shape index (κ3) is 3.08. The fourth-order valence-electron chi connectivity index (χ4n) is 3.36. The van der Waals surface area contributed by atoms with Crippen LogP contribution in [-0.2, 0) is 23.1 Å². The van der Waals surface area contributed by atoms with Gasteiger partial charge in [-0.05, 0) is 43.3 Å². The standard InChI is InChI=1S/C18H17F2N3O4S/c1-11-2-7-14-16(21-11)15-10-22(8-9-23(15)17(14)24)28(25,26)13-5-3-12(4-6-13)27-18(19)20/h2-7,18,24H,8-10H2,1H3. The molecule has 28 heavy (non-hydrogen) atoms. The van der Waals surface area contributed by atoms with Gasteiger partial charge in [0, 0.05) is 18.8 Å². The van der Waals surface area contributed by atoms with Crippen molar-refractivity contribution >= 4 is 20.9 Å². The average Bonchev–Trinajstić information content (AvgIpc) is 2.93. The molecule has 1 aliphatic heterocycles. The largest absolute Gasteiger partial charge is 0.494 e. The molecule has 0 atom stereocenters. The number of sulfonamides is 1. The summed E-state index contributed by atoms with van der Waals surface area (Å²) in [5.74, 6) is -0.0416. The van der Waals surface area contributed by atoms with Gasteiger partial charge in [0.15, 0.2) is 0 Å². The second kappa shape index (κ2) is 6.71. The van der Waals surface area contributed by atoms with Crippen molar-refractivity contribution in [1.29, 1.82) is 0 Å². The molecule has 0 spiro atoms. The van der Waals surface area contributed by atoms with Crippen molar-refractivity contribution in [2.24, 2.45) is 0 Å². The Hall–Kier alpha value is -2.72. The zero-order valence-electron chi connectivity index (χ0n) is 14.8. The first-order valence-corrected chi connectivity index (χ1v) is 9.94. The van der Waals surface area contributed by atoms with Crippen LogP contribution in [0.4, 0.5) is 8.78 Å². The number of nitrogens with zero attached hydrogens (tertiary/aromatic N) is 3. The summed E-state index contributed by atoms with van der Waals surface area (Å²) in [7, 11) is -3.85. The van der Waals surface area contributed by atoms with Gasteiger partial charge in [0.2, 0.25) is 15.9 Å². The van der Waals surface area contributed by atoms with E-state index in [1.165, 1.54) is 28.6 Å². The molecule has 1 N–H and O–H groups in total. The predicted octanol–water partition coefficient (Wildman–Crippen LogP) is 2.86. The first kappa shape index (κ1) is 18.6. The number of aromatic nitrogens is 2. The van der Waals surface area contributed by atoms with Gasteiger partial charge in [0.1, 0.15) is 5.75 Å². The molecule has 7 nitrogen and oxygen atoms in total. The smallest absolute Gasteiger partial charge is 0.387 e. The van der Waals surface area contributed by atoms with E-state index in [-0.39, 0.29) is 36.2 Å². The van der Waals surface area contributed by atoms with E-state index in [1.54, 1.807) is 16.7 Å². The molecule has 0 amide bonds. The van der Waals surface area contributed by atoms with Crippen LogP contribution in [0, 0.1) is 6.92 Å². The van der Waals surface area contributed by atoms with E-state index in [1.807, 2.05) is 6.92 Å². The molecule has 0 bridgehead atoms. The molecule has 0 fully saturated rings. The fraction of sp³-hybridized carbons (Fsp3) is 0.278. The van der Waals surface area contributed by atoms with Crippen LogP contribution in [0.2, 0.25) is 0 Å². The molecule has 1 aromatic carbocycles. The number of halogens is 2. The molecule has 4 rings (SSSR count). The summed E-state index contributed by atoms with van der Waals surface area (Å²) in [5, 5.41) is 11.0. The second-order valence-corrected chi connectivity index (χ2v) is 8.40. The van der Waals surface area contributed by atoms with Crippen molar-refractivity contribution < 1.29 is 27.0 Å². The summed E-state index contributed by atoms with van der Waals surface area (Å²) in [6.07, 6.45) is 0. The van der Waals surface area contributed by atoms with E-state index in [9.17, 15) is 22.3 Å². The highest BCUT2D eigenvalue weighted by Crippen LogP contribution is 2.35. The second-order valence-electron chi connectivity index (χ2n) is 6.46. The topological polar surface area (TPSA) is 84.7 Å². The van der Waals surface area contributed by atoms with Crippen molar-refractivity contribution in [2.75, 3.05) is 6.54 Å². The summed E-state index contributed by atoms with van der Waals surface area (Å²) < 4.78 is 57.7.